The molecule has 0 radical (unpaired) electrons. The van der Waals surface area contributed by atoms with Crippen LogP contribution in [0.4, 0.5) is 5.69 Å². The highest BCUT2D eigenvalue weighted by Crippen LogP contribution is 2.27. The number of hydrogen-bond donors (Lipinski definition) is 1. The van der Waals surface area contributed by atoms with Crippen LogP contribution in [-0.4, -0.2) is 23.9 Å². The summed E-state index contributed by atoms with van der Waals surface area (Å²) in [6, 6.07) is 10.6. The van der Waals surface area contributed by atoms with Crippen LogP contribution in [0.15, 0.2) is 36.4 Å². The lowest BCUT2D eigenvalue weighted by atomic mass is 9.95. The van der Waals surface area contributed by atoms with Crippen molar-refractivity contribution in [3.8, 4) is 0 Å². The molecule has 0 bridgehead atoms. The molecule has 2 aromatic rings. The zero-order chi connectivity index (χ0) is 18.7. The Morgan fingerprint density at radius 3 is 2.23 bits per heavy atom. The summed E-state index contributed by atoms with van der Waals surface area (Å²) in [5, 5.41) is 5.23. The van der Waals surface area contributed by atoms with E-state index in [9.17, 15) is 4.79 Å². The summed E-state index contributed by atoms with van der Waals surface area (Å²) in [5.74, 6) is -0.0165. The molecule has 0 unspecified atom stereocenters. The summed E-state index contributed by atoms with van der Waals surface area (Å²) in [4.78, 5) is 14.8. The molecule has 1 heterocycles. The van der Waals surface area contributed by atoms with Gasteiger partial charge < -0.3 is 5.32 Å². The highest BCUT2D eigenvalue weighted by atomic mass is 35.5. The number of nitrogens with one attached hydrogen (secondary N) is 1. The number of carbonyl (C=O) groups excluding carboxylic acids is 1. The number of halogens is 4. The van der Waals surface area contributed by atoms with Crippen LogP contribution in [0.25, 0.3) is 0 Å². The topological polar surface area (TPSA) is 32.3 Å². The molecule has 1 aliphatic heterocycles. The third-order valence-electron chi connectivity index (χ3n) is 4.50. The Morgan fingerprint density at radius 1 is 0.962 bits per heavy atom. The van der Waals surface area contributed by atoms with Gasteiger partial charge in [0.15, 0.2) is 0 Å². The van der Waals surface area contributed by atoms with Gasteiger partial charge in [-0.1, -0.05) is 52.5 Å². The molecule has 3 rings (SSSR count). The molecular weight excluding hydrogens is 414 g/mol. The van der Waals surface area contributed by atoms with E-state index in [1.165, 1.54) is 0 Å². The summed E-state index contributed by atoms with van der Waals surface area (Å²) < 4.78 is 0. The van der Waals surface area contributed by atoms with E-state index in [2.05, 4.69) is 10.2 Å². The van der Waals surface area contributed by atoms with Gasteiger partial charge in [-0.05, 0) is 61.8 Å². The van der Waals surface area contributed by atoms with Crippen LogP contribution in [0.2, 0.25) is 20.1 Å². The number of hydrogen-bond acceptors (Lipinski definition) is 2. The van der Waals surface area contributed by atoms with Gasteiger partial charge in [-0.2, -0.15) is 0 Å². The molecule has 0 spiro atoms. The van der Waals surface area contributed by atoms with Crippen molar-refractivity contribution >= 4 is 58.0 Å². The van der Waals surface area contributed by atoms with Crippen LogP contribution in [0, 0.1) is 5.92 Å². The number of anilines is 1. The number of amides is 1. The molecule has 138 valence electrons. The van der Waals surface area contributed by atoms with Crippen LogP contribution < -0.4 is 5.32 Å². The molecule has 7 heteroatoms. The maximum Gasteiger partial charge on any atom is 0.227 e. The maximum absolute atomic E-state index is 12.5. The second-order valence-corrected chi connectivity index (χ2v) is 8.15. The molecule has 0 saturated carbocycles. The fourth-order valence-corrected chi connectivity index (χ4v) is 4.11. The Kier molecular flexibility index (Phi) is 6.70. The van der Waals surface area contributed by atoms with Crippen LogP contribution in [0.5, 0.6) is 0 Å². The smallest absolute Gasteiger partial charge is 0.227 e. The van der Waals surface area contributed by atoms with Crippen molar-refractivity contribution in [1.29, 1.82) is 0 Å². The molecule has 1 saturated heterocycles. The number of likely N-dealkylation sites (tertiary alicyclic amines) is 1. The predicted octanol–water partition coefficient (Wildman–Crippen LogP) is 6.15. The van der Waals surface area contributed by atoms with Gasteiger partial charge in [0.05, 0.1) is 0 Å². The second kappa shape index (κ2) is 8.81. The van der Waals surface area contributed by atoms with E-state index in [0.29, 0.717) is 25.8 Å². The van der Waals surface area contributed by atoms with E-state index >= 15 is 0 Å². The Bertz CT molecular complexity index is 784. The summed E-state index contributed by atoms with van der Waals surface area (Å²) >= 11 is 24.1. The molecule has 0 aromatic heterocycles. The molecule has 3 nitrogen and oxygen atoms in total. The van der Waals surface area contributed by atoms with Crippen LogP contribution in [-0.2, 0) is 11.3 Å². The van der Waals surface area contributed by atoms with Crippen molar-refractivity contribution in [3.63, 3.8) is 0 Å². The molecule has 1 aliphatic rings. The Hall–Kier alpha value is -0.970. The van der Waals surface area contributed by atoms with Gasteiger partial charge in [-0.25, -0.2) is 0 Å². The minimum Gasteiger partial charge on any atom is -0.326 e. The third kappa shape index (κ3) is 5.28. The average Bonchev–Trinajstić information content (AvgIpc) is 2.57. The van der Waals surface area contributed by atoms with Crippen molar-refractivity contribution in [2.75, 3.05) is 18.4 Å². The quantitative estimate of drug-likeness (QED) is 0.629. The number of benzene rings is 2. The maximum atomic E-state index is 12.5. The van der Waals surface area contributed by atoms with E-state index < -0.39 is 0 Å². The van der Waals surface area contributed by atoms with Crippen LogP contribution >= 0.6 is 46.4 Å². The fraction of sp³-hybridized carbons (Fsp3) is 0.316. The van der Waals surface area contributed by atoms with Gasteiger partial charge in [0.1, 0.15) is 0 Å². The lowest BCUT2D eigenvalue weighted by Gasteiger charge is -2.31. The first-order valence-electron chi connectivity index (χ1n) is 8.34. The number of piperidine rings is 1. The van der Waals surface area contributed by atoms with Crippen molar-refractivity contribution in [2.45, 2.75) is 19.4 Å². The Labute approximate surface area is 173 Å². The molecular formula is C19H18Cl4N2O. The van der Waals surface area contributed by atoms with Crippen LogP contribution in [0.1, 0.15) is 18.4 Å². The normalized spacial score (nSPS) is 15.8. The Morgan fingerprint density at radius 2 is 1.62 bits per heavy atom. The third-order valence-corrected chi connectivity index (χ3v) is 5.52. The summed E-state index contributed by atoms with van der Waals surface area (Å²) in [6.45, 7) is 2.44. The molecule has 26 heavy (non-hydrogen) atoms. The summed E-state index contributed by atoms with van der Waals surface area (Å²) in [5.41, 5.74) is 1.68. The van der Waals surface area contributed by atoms with Crippen molar-refractivity contribution in [1.82, 2.24) is 4.90 Å². The molecule has 0 aliphatic carbocycles. The van der Waals surface area contributed by atoms with Gasteiger partial charge in [-0.3, -0.25) is 9.69 Å². The summed E-state index contributed by atoms with van der Waals surface area (Å²) in [6.07, 6.45) is 1.59. The van der Waals surface area contributed by atoms with Crippen molar-refractivity contribution in [2.24, 2.45) is 5.92 Å². The van der Waals surface area contributed by atoms with E-state index in [1.807, 2.05) is 12.1 Å². The lowest BCUT2D eigenvalue weighted by molar-refractivity contribution is -0.121. The van der Waals surface area contributed by atoms with Crippen molar-refractivity contribution < 1.29 is 4.79 Å². The SMILES string of the molecule is O=C(Nc1cc(Cl)cc(Cl)c1)C1CCN(Cc2ccc(Cl)cc2Cl)CC1. The Balaban J connectivity index is 1.53. The van der Waals surface area contributed by atoms with E-state index in [-0.39, 0.29) is 11.8 Å². The second-order valence-electron chi connectivity index (χ2n) is 6.43. The minimum atomic E-state index is -0.0234. The van der Waals surface area contributed by atoms with Gasteiger partial charge in [0, 0.05) is 38.2 Å². The standard InChI is InChI=1S/C19H18Cl4N2O/c20-14-2-1-13(18(23)10-14)11-25-5-3-12(4-6-25)19(26)24-17-8-15(21)7-16(22)9-17/h1-2,7-10,12H,3-6,11H2,(H,24,26). The van der Waals surface area contributed by atoms with E-state index in [0.717, 1.165) is 38.0 Å². The monoisotopic (exact) mass is 430 g/mol. The molecule has 0 atom stereocenters. The average molecular weight is 432 g/mol. The van der Waals surface area contributed by atoms with Crippen molar-refractivity contribution in [3.05, 3.63) is 62.1 Å². The first-order chi connectivity index (χ1) is 12.4. The van der Waals surface area contributed by atoms with Gasteiger partial charge in [-0.15, -0.1) is 0 Å². The molecule has 2 aromatic carbocycles. The summed E-state index contributed by atoms with van der Waals surface area (Å²) in [7, 11) is 0. The lowest BCUT2D eigenvalue weighted by Crippen LogP contribution is -2.37. The number of nitrogens with zero attached hydrogens (tertiary/aromatic N) is 1. The van der Waals surface area contributed by atoms with Crippen LogP contribution in [0.3, 0.4) is 0 Å². The number of rotatable bonds is 4. The van der Waals surface area contributed by atoms with E-state index in [4.69, 9.17) is 46.4 Å². The van der Waals surface area contributed by atoms with Gasteiger partial charge in [0.25, 0.3) is 0 Å². The largest absolute Gasteiger partial charge is 0.326 e. The minimum absolute atomic E-state index is 0.00695. The van der Waals surface area contributed by atoms with Gasteiger partial charge in [0.2, 0.25) is 5.91 Å². The zero-order valence-corrected chi connectivity index (χ0v) is 17.0. The highest BCUT2D eigenvalue weighted by Gasteiger charge is 2.25. The highest BCUT2D eigenvalue weighted by molar-refractivity contribution is 6.35. The zero-order valence-electron chi connectivity index (χ0n) is 13.9. The fourth-order valence-electron chi connectivity index (χ4n) is 3.11. The first-order valence-corrected chi connectivity index (χ1v) is 9.85. The van der Waals surface area contributed by atoms with E-state index in [1.54, 1.807) is 24.3 Å². The predicted molar refractivity (Wildman–Crippen MR) is 110 cm³/mol. The molecule has 1 fully saturated rings. The first kappa shape index (κ1) is 19.8. The molecule has 1 N–H and O–H groups in total. The molecule has 1 amide bonds. The van der Waals surface area contributed by atoms with Gasteiger partial charge >= 0.3 is 0 Å². The number of carbonyl (C=O) groups is 1.